The third-order valence-corrected chi connectivity index (χ3v) is 4.14. The molecular formula is C14H16N2O2S. The van der Waals surface area contributed by atoms with Crippen molar-refractivity contribution in [3.05, 3.63) is 29.3 Å². The van der Waals surface area contributed by atoms with Gasteiger partial charge in [0.1, 0.15) is 10.7 Å². The largest absolute Gasteiger partial charge is 0.481 e. The van der Waals surface area contributed by atoms with E-state index in [4.69, 9.17) is 14.5 Å². The lowest BCUT2D eigenvalue weighted by Crippen LogP contribution is -2.15. The van der Waals surface area contributed by atoms with Crippen LogP contribution in [-0.2, 0) is 4.74 Å². The van der Waals surface area contributed by atoms with E-state index >= 15 is 0 Å². The van der Waals surface area contributed by atoms with Crippen LogP contribution in [0.15, 0.2) is 23.6 Å². The van der Waals surface area contributed by atoms with Gasteiger partial charge in [0, 0.05) is 24.0 Å². The molecule has 5 heteroatoms. The first-order valence-electron chi connectivity index (χ1n) is 6.41. The van der Waals surface area contributed by atoms with Crippen LogP contribution < -0.4 is 4.74 Å². The van der Waals surface area contributed by atoms with Gasteiger partial charge >= 0.3 is 0 Å². The van der Waals surface area contributed by atoms with Crippen LogP contribution in [-0.4, -0.2) is 30.3 Å². The van der Waals surface area contributed by atoms with Crippen molar-refractivity contribution in [3.8, 4) is 16.6 Å². The van der Waals surface area contributed by atoms with Gasteiger partial charge in [0.25, 0.3) is 0 Å². The number of aromatic nitrogens is 2. The van der Waals surface area contributed by atoms with E-state index in [9.17, 15) is 0 Å². The van der Waals surface area contributed by atoms with Crippen molar-refractivity contribution >= 4 is 11.3 Å². The second-order valence-corrected chi connectivity index (χ2v) is 5.41. The van der Waals surface area contributed by atoms with E-state index in [1.54, 1.807) is 18.4 Å². The minimum atomic E-state index is 0.435. The van der Waals surface area contributed by atoms with Gasteiger partial charge in [0.2, 0.25) is 5.88 Å². The highest BCUT2D eigenvalue weighted by Gasteiger charge is 2.19. The molecule has 0 amide bonds. The van der Waals surface area contributed by atoms with Crippen LogP contribution in [0.3, 0.4) is 0 Å². The third kappa shape index (κ3) is 2.77. The van der Waals surface area contributed by atoms with Gasteiger partial charge in [-0.15, -0.1) is 11.3 Å². The summed E-state index contributed by atoms with van der Waals surface area (Å²) in [6.07, 6.45) is 2.28. The molecule has 0 N–H and O–H groups in total. The van der Waals surface area contributed by atoms with Crippen molar-refractivity contribution in [2.24, 2.45) is 0 Å². The summed E-state index contributed by atoms with van der Waals surface area (Å²) < 4.78 is 10.7. The molecule has 1 aliphatic rings. The predicted octanol–water partition coefficient (Wildman–Crippen LogP) is 3.11. The summed E-state index contributed by atoms with van der Waals surface area (Å²) in [7, 11) is 1.62. The Hall–Kier alpha value is -1.46. The average Bonchev–Trinajstić information content (AvgIpc) is 2.98. The van der Waals surface area contributed by atoms with Crippen LogP contribution >= 0.6 is 11.3 Å². The van der Waals surface area contributed by atoms with Crippen molar-refractivity contribution in [1.29, 1.82) is 0 Å². The maximum Gasteiger partial charge on any atom is 0.213 e. The van der Waals surface area contributed by atoms with Gasteiger partial charge in [-0.1, -0.05) is 6.07 Å². The summed E-state index contributed by atoms with van der Waals surface area (Å²) in [4.78, 5) is 9.11. The zero-order valence-electron chi connectivity index (χ0n) is 10.8. The normalized spacial score (nSPS) is 19.3. The molecule has 3 heterocycles. The van der Waals surface area contributed by atoms with Crippen LogP contribution in [0.2, 0.25) is 0 Å². The van der Waals surface area contributed by atoms with E-state index in [1.165, 1.54) is 0 Å². The number of hydrogen-bond donors (Lipinski definition) is 0. The summed E-state index contributed by atoms with van der Waals surface area (Å²) in [5.41, 5.74) is 2.00. The molecule has 1 saturated heterocycles. The van der Waals surface area contributed by atoms with E-state index in [1.807, 2.05) is 18.2 Å². The molecule has 0 radical (unpaired) electrons. The van der Waals surface area contributed by atoms with E-state index in [-0.39, 0.29) is 0 Å². The molecule has 0 aromatic carbocycles. The summed E-state index contributed by atoms with van der Waals surface area (Å²) in [5, 5.41) is 3.06. The molecule has 1 aliphatic heterocycles. The Balaban J connectivity index is 1.83. The zero-order valence-corrected chi connectivity index (χ0v) is 11.7. The molecule has 1 fully saturated rings. The Kier molecular flexibility index (Phi) is 3.75. The molecule has 4 nitrogen and oxygen atoms in total. The molecule has 1 unspecified atom stereocenters. The minimum Gasteiger partial charge on any atom is -0.481 e. The van der Waals surface area contributed by atoms with Crippen LogP contribution in [0.4, 0.5) is 0 Å². The van der Waals surface area contributed by atoms with Gasteiger partial charge < -0.3 is 9.47 Å². The van der Waals surface area contributed by atoms with Crippen LogP contribution in [0.25, 0.3) is 10.7 Å². The van der Waals surface area contributed by atoms with Crippen molar-refractivity contribution in [2.75, 3.05) is 20.3 Å². The van der Waals surface area contributed by atoms with Gasteiger partial charge in [-0.05, 0) is 18.9 Å². The molecule has 0 bridgehead atoms. The maximum atomic E-state index is 5.52. The minimum absolute atomic E-state index is 0.435. The molecule has 0 aliphatic carbocycles. The van der Waals surface area contributed by atoms with Gasteiger partial charge in [0.05, 0.1) is 19.4 Å². The number of nitrogens with zero attached hydrogens (tertiary/aromatic N) is 2. The number of pyridine rings is 1. The summed E-state index contributed by atoms with van der Waals surface area (Å²) >= 11 is 1.63. The van der Waals surface area contributed by atoms with Gasteiger partial charge in [-0.3, -0.25) is 0 Å². The number of rotatable bonds is 3. The fraction of sp³-hybridized carbons (Fsp3) is 0.429. The fourth-order valence-electron chi connectivity index (χ4n) is 2.21. The molecule has 2 aromatic heterocycles. The number of ether oxygens (including phenoxy) is 2. The smallest absolute Gasteiger partial charge is 0.213 e. The Labute approximate surface area is 116 Å². The van der Waals surface area contributed by atoms with Gasteiger partial charge in [-0.2, -0.15) is 0 Å². The van der Waals surface area contributed by atoms with E-state index in [2.05, 4.69) is 10.4 Å². The fourth-order valence-corrected chi connectivity index (χ4v) is 3.08. The molecular weight excluding hydrogens is 260 g/mol. The monoisotopic (exact) mass is 276 g/mol. The topological polar surface area (TPSA) is 44.2 Å². The average molecular weight is 276 g/mol. The Morgan fingerprint density at radius 1 is 1.37 bits per heavy atom. The van der Waals surface area contributed by atoms with Crippen molar-refractivity contribution in [1.82, 2.24) is 9.97 Å². The molecule has 3 rings (SSSR count). The van der Waals surface area contributed by atoms with Crippen molar-refractivity contribution < 1.29 is 9.47 Å². The van der Waals surface area contributed by atoms with Crippen molar-refractivity contribution in [3.63, 3.8) is 0 Å². The highest BCUT2D eigenvalue weighted by Crippen LogP contribution is 2.30. The zero-order chi connectivity index (χ0) is 13.1. The lowest BCUT2D eigenvalue weighted by molar-refractivity contribution is 0.0795. The lowest BCUT2D eigenvalue weighted by atomic mass is 10.00. The first-order valence-corrected chi connectivity index (χ1v) is 7.29. The van der Waals surface area contributed by atoms with Crippen LogP contribution in [0.5, 0.6) is 5.88 Å². The molecule has 2 aromatic rings. The standard InChI is InChI=1S/C14H16N2O2S/c1-17-13-6-2-5-11(15-13)14-16-12(9-19-14)10-4-3-7-18-8-10/h2,5-6,9-10H,3-4,7-8H2,1H3. The Bertz CT molecular complexity index is 550. The molecule has 1 atom stereocenters. The van der Waals surface area contributed by atoms with Gasteiger partial charge in [-0.25, -0.2) is 9.97 Å². The number of methoxy groups -OCH3 is 1. The highest BCUT2D eigenvalue weighted by atomic mass is 32.1. The molecule has 0 spiro atoms. The van der Waals surface area contributed by atoms with Gasteiger partial charge in [0.15, 0.2) is 0 Å². The second-order valence-electron chi connectivity index (χ2n) is 4.56. The summed E-state index contributed by atoms with van der Waals surface area (Å²) in [6.45, 7) is 1.67. The molecule has 100 valence electrons. The van der Waals surface area contributed by atoms with Crippen LogP contribution in [0.1, 0.15) is 24.5 Å². The SMILES string of the molecule is COc1cccc(-c2nc(C3CCCOC3)cs2)n1. The Morgan fingerprint density at radius 2 is 2.32 bits per heavy atom. The Morgan fingerprint density at radius 3 is 3.11 bits per heavy atom. The van der Waals surface area contributed by atoms with E-state index < -0.39 is 0 Å². The lowest BCUT2D eigenvalue weighted by Gasteiger charge is -2.19. The number of hydrogen-bond acceptors (Lipinski definition) is 5. The van der Waals surface area contributed by atoms with Crippen LogP contribution in [0, 0.1) is 0 Å². The first-order chi connectivity index (χ1) is 9.36. The molecule has 19 heavy (non-hydrogen) atoms. The van der Waals surface area contributed by atoms with Crippen molar-refractivity contribution in [2.45, 2.75) is 18.8 Å². The van der Waals surface area contributed by atoms with E-state index in [0.29, 0.717) is 11.8 Å². The highest BCUT2D eigenvalue weighted by molar-refractivity contribution is 7.13. The summed E-state index contributed by atoms with van der Waals surface area (Å²) in [6, 6.07) is 5.74. The summed E-state index contributed by atoms with van der Waals surface area (Å²) in [5.74, 6) is 1.06. The second kappa shape index (κ2) is 5.67. The van der Waals surface area contributed by atoms with E-state index in [0.717, 1.165) is 42.5 Å². The third-order valence-electron chi connectivity index (χ3n) is 3.25. The number of thiazole rings is 1. The quantitative estimate of drug-likeness (QED) is 0.864. The molecule has 0 saturated carbocycles. The first kappa shape index (κ1) is 12.6. The predicted molar refractivity (Wildman–Crippen MR) is 74.7 cm³/mol. The maximum absolute atomic E-state index is 5.52.